The lowest BCUT2D eigenvalue weighted by molar-refractivity contribution is 0.369. The Labute approximate surface area is 100 Å². The Balaban J connectivity index is 0.000000606. The van der Waals surface area contributed by atoms with Crippen LogP contribution in [-0.2, 0) is 12.8 Å². The van der Waals surface area contributed by atoms with E-state index < -0.39 is 0 Å². The van der Waals surface area contributed by atoms with Crippen LogP contribution in [0.1, 0.15) is 51.7 Å². The minimum atomic E-state index is 0.832. The zero-order chi connectivity index (χ0) is 12.0. The van der Waals surface area contributed by atoms with E-state index in [9.17, 15) is 0 Å². The van der Waals surface area contributed by atoms with E-state index >= 15 is 0 Å². The van der Waals surface area contributed by atoms with E-state index in [-0.39, 0.29) is 0 Å². The summed E-state index contributed by atoms with van der Waals surface area (Å²) in [6, 6.07) is 2.18. The Hall–Kier alpha value is -0.850. The van der Waals surface area contributed by atoms with E-state index in [0.29, 0.717) is 0 Å². The average molecular weight is 219 g/mol. The molecular formula is C15H25N. The molecule has 0 saturated carbocycles. The number of rotatable bonds is 2. The predicted molar refractivity (Wildman–Crippen MR) is 70.6 cm³/mol. The molecule has 1 aromatic rings. The van der Waals surface area contributed by atoms with Gasteiger partial charge in [-0.3, -0.25) is 4.98 Å². The van der Waals surface area contributed by atoms with E-state index in [2.05, 4.69) is 31.1 Å². The van der Waals surface area contributed by atoms with Gasteiger partial charge in [-0.05, 0) is 54.7 Å². The van der Waals surface area contributed by atoms with Crippen molar-refractivity contribution in [3.63, 3.8) is 0 Å². The highest BCUT2D eigenvalue weighted by Gasteiger charge is 2.18. The molecule has 0 aromatic carbocycles. The third-order valence-corrected chi connectivity index (χ3v) is 3.14. The molecule has 1 atom stereocenters. The summed E-state index contributed by atoms with van der Waals surface area (Å²) >= 11 is 0. The van der Waals surface area contributed by atoms with Gasteiger partial charge in [0.2, 0.25) is 0 Å². The molecule has 0 radical (unpaired) electrons. The fraction of sp³-hybridized carbons (Fsp3) is 0.667. The zero-order valence-electron chi connectivity index (χ0n) is 11.2. The second-order valence-electron chi connectivity index (χ2n) is 4.88. The summed E-state index contributed by atoms with van der Waals surface area (Å²) in [5, 5.41) is 0. The minimum Gasteiger partial charge on any atom is -0.264 e. The molecule has 2 rings (SSSR count). The summed E-state index contributed by atoms with van der Waals surface area (Å²) in [5.41, 5.74) is 3.02. The number of hydrogen-bond donors (Lipinski definition) is 0. The first-order chi connectivity index (χ1) is 7.75. The smallest absolute Gasteiger partial charge is 0.0302 e. The second-order valence-corrected chi connectivity index (χ2v) is 4.88. The highest BCUT2D eigenvalue weighted by Crippen LogP contribution is 2.28. The van der Waals surface area contributed by atoms with Gasteiger partial charge in [0, 0.05) is 12.4 Å². The molecule has 0 saturated heterocycles. The third-order valence-electron chi connectivity index (χ3n) is 3.14. The van der Waals surface area contributed by atoms with Gasteiger partial charge < -0.3 is 0 Å². The van der Waals surface area contributed by atoms with Crippen LogP contribution >= 0.6 is 0 Å². The molecule has 0 bridgehead atoms. The van der Waals surface area contributed by atoms with Crippen LogP contribution in [0.3, 0.4) is 0 Å². The molecule has 1 heterocycles. The fourth-order valence-electron chi connectivity index (χ4n) is 2.52. The van der Waals surface area contributed by atoms with E-state index in [1.54, 1.807) is 0 Å². The first-order valence-corrected chi connectivity index (χ1v) is 6.67. The maximum absolute atomic E-state index is 4.21. The summed E-state index contributed by atoms with van der Waals surface area (Å²) in [6.07, 6.45) is 9.23. The zero-order valence-corrected chi connectivity index (χ0v) is 11.2. The number of aromatic nitrogens is 1. The number of nitrogens with zero attached hydrogens (tertiary/aromatic N) is 1. The van der Waals surface area contributed by atoms with Gasteiger partial charge in [-0.2, -0.15) is 0 Å². The average Bonchev–Trinajstić information content (AvgIpc) is 2.31. The van der Waals surface area contributed by atoms with Gasteiger partial charge in [0.1, 0.15) is 0 Å². The lowest BCUT2D eigenvalue weighted by Gasteiger charge is -2.25. The van der Waals surface area contributed by atoms with E-state index in [4.69, 9.17) is 0 Å². The summed E-state index contributed by atoms with van der Waals surface area (Å²) < 4.78 is 0. The highest BCUT2D eigenvalue weighted by atomic mass is 14.6. The summed E-state index contributed by atoms with van der Waals surface area (Å²) in [5.74, 6) is 1.73. The van der Waals surface area contributed by atoms with Crippen molar-refractivity contribution in [2.75, 3.05) is 0 Å². The maximum Gasteiger partial charge on any atom is 0.0302 e. The molecule has 90 valence electrons. The van der Waals surface area contributed by atoms with E-state index in [0.717, 1.165) is 11.8 Å². The monoisotopic (exact) mass is 219 g/mol. The van der Waals surface area contributed by atoms with Crippen molar-refractivity contribution in [3.8, 4) is 0 Å². The number of aryl methyl sites for hydroxylation is 1. The SMILES string of the molecule is CC.CC(C)CC1CCc2ccncc2C1. The number of pyridine rings is 1. The van der Waals surface area contributed by atoms with Crippen molar-refractivity contribution in [2.24, 2.45) is 11.8 Å². The molecule has 0 fully saturated rings. The minimum absolute atomic E-state index is 0.832. The second kappa shape index (κ2) is 6.67. The topological polar surface area (TPSA) is 12.9 Å². The summed E-state index contributed by atoms with van der Waals surface area (Å²) in [6.45, 7) is 8.64. The molecule has 1 nitrogen and oxygen atoms in total. The van der Waals surface area contributed by atoms with Crippen LogP contribution in [0.5, 0.6) is 0 Å². The van der Waals surface area contributed by atoms with Crippen molar-refractivity contribution in [1.29, 1.82) is 0 Å². The molecule has 1 aliphatic rings. The van der Waals surface area contributed by atoms with Gasteiger partial charge in [-0.15, -0.1) is 0 Å². The lowest BCUT2D eigenvalue weighted by Crippen LogP contribution is -2.16. The van der Waals surface area contributed by atoms with Crippen LogP contribution in [0.2, 0.25) is 0 Å². The van der Waals surface area contributed by atoms with Gasteiger partial charge in [-0.1, -0.05) is 27.7 Å². The van der Waals surface area contributed by atoms with Gasteiger partial charge in [0.25, 0.3) is 0 Å². The van der Waals surface area contributed by atoms with Crippen LogP contribution in [0.15, 0.2) is 18.5 Å². The fourth-order valence-corrected chi connectivity index (χ4v) is 2.52. The van der Waals surface area contributed by atoms with Crippen LogP contribution < -0.4 is 0 Å². The van der Waals surface area contributed by atoms with Crippen molar-refractivity contribution in [3.05, 3.63) is 29.6 Å². The van der Waals surface area contributed by atoms with Gasteiger partial charge >= 0.3 is 0 Å². The number of hydrogen-bond acceptors (Lipinski definition) is 1. The van der Waals surface area contributed by atoms with Crippen LogP contribution in [0, 0.1) is 11.8 Å². The van der Waals surface area contributed by atoms with Crippen LogP contribution in [-0.4, -0.2) is 4.98 Å². The third kappa shape index (κ3) is 3.62. The van der Waals surface area contributed by atoms with Gasteiger partial charge in [0.05, 0.1) is 0 Å². The Bertz CT molecular complexity index is 304. The van der Waals surface area contributed by atoms with Crippen molar-refractivity contribution in [2.45, 2.75) is 53.4 Å². The van der Waals surface area contributed by atoms with E-state index in [1.807, 2.05) is 20.0 Å². The van der Waals surface area contributed by atoms with Crippen LogP contribution in [0.4, 0.5) is 0 Å². The molecule has 0 aliphatic heterocycles. The molecule has 1 heteroatoms. The quantitative estimate of drug-likeness (QED) is 0.724. The first-order valence-electron chi connectivity index (χ1n) is 6.67. The maximum atomic E-state index is 4.21. The highest BCUT2D eigenvalue weighted by molar-refractivity contribution is 5.26. The predicted octanol–water partition coefficient (Wildman–Crippen LogP) is 4.26. The molecular weight excluding hydrogens is 194 g/mol. The lowest BCUT2D eigenvalue weighted by atomic mass is 9.81. The van der Waals surface area contributed by atoms with Gasteiger partial charge in [-0.25, -0.2) is 0 Å². The first kappa shape index (κ1) is 13.2. The summed E-state index contributed by atoms with van der Waals surface area (Å²) in [4.78, 5) is 4.21. The Kier molecular flexibility index (Phi) is 5.51. The summed E-state index contributed by atoms with van der Waals surface area (Å²) in [7, 11) is 0. The molecule has 1 aromatic heterocycles. The van der Waals surface area contributed by atoms with Gasteiger partial charge in [0.15, 0.2) is 0 Å². The molecule has 1 aliphatic carbocycles. The standard InChI is InChI=1S/C13H19N.C2H6/c1-10(2)7-11-3-4-12-5-6-14-9-13(12)8-11;1-2/h5-6,9-11H,3-4,7-8H2,1-2H3;1-2H3. The largest absolute Gasteiger partial charge is 0.264 e. The van der Waals surface area contributed by atoms with Crippen LogP contribution in [0.25, 0.3) is 0 Å². The normalized spacial score (nSPS) is 18.7. The van der Waals surface area contributed by atoms with E-state index in [1.165, 1.54) is 36.8 Å². The number of fused-ring (bicyclic) bond motifs is 1. The molecule has 0 N–H and O–H groups in total. The molecule has 0 amide bonds. The Morgan fingerprint density at radius 2 is 2.06 bits per heavy atom. The molecule has 1 unspecified atom stereocenters. The van der Waals surface area contributed by atoms with Crippen molar-refractivity contribution in [1.82, 2.24) is 4.98 Å². The Morgan fingerprint density at radius 1 is 1.31 bits per heavy atom. The molecule has 16 heavy (non-hydrogen) atoms. The molecule has 0 spiro atoms. The van der Waals surface area contributed by atoms with Crippen molar-refractivity contribution < 1.29 is 0 Å². The van der Waals surface area contributed by atoms with Crippen molar-refractivity contribution >= 4 is 0 Å². The Morgan fingerprint density at radius 3 is 2.75 bits per heavy atom.